The second-order valence-electron chi connectivity index (χ2n) is 8.98. The molecule has 0 bridgehead atoms. The summed E-state index contributed by atoms with van der Waals surface area (Å²) in [6.45, 7) is 7.83. The predicted octanol–water partition coefficient (Wildman–Crippen LogP) is 1.05. The Bertz CT molecular complexity index is 970. The average molecular weight is 434 g/mol. The lowest BCUT2D eigenvalue weighted by atomic mass is 9.83. The smallest absolute Gasteiger partial charge is 0.351 e. The van der Waals surface area contributed by atoms with E-state index in [-0.39, 0.29) is 23.9 Å². The highest BCUT2D eigenvalue weighted by atomic mass is 16.6. The molecule has 1 aromatic heterocycles. The van der Waals surface area contributed by atoms with Crippen molar-refractivity contribution >= 4 is 5.82 Å². The molecule has 31 heavy (non-hydrogen) atoms. The van der Waals surface area contributed by atoms with Crippen LogP contribution in [0.1, 0.15) is 49.8 Å². The van der Waals surface area contributed by atoms with Gasteiger partial charge in [-0.15, -0.1) is 0 Å². The zero-order valence-electron chi connectivity index (χ0n) is 18.2. The fourth-order valence-corrected chi connectivity index (χ4v) is 3.79. The first-order chi connectivity index (χ1) is 14.5. The predicted molar refractivity (Wildman–Crippen MR) is 114 cm³/mol. The van der Waals surface area contributed by atoms with Crippen LogP contribution in [0, 0.1) is 12.3 Å². The third-order valence-electron chi connectivity index (χ3n) is 5.52. The van der Waals surface area contributed by atoms with Gasteiger partial charge in [-0.05, 0) is 23.5 Å². The fraction of sp³-hybridized carbons (Fsp3) is 0.545. The molecule has 0 spiro atoms. The van der Waals surface area contributed by atoms with E-state index in [2.05, 4.69) is 25.8 Å². The standard InChI is InChI=1S/C22H31N3O6/c1-12-7-5-6-8-14(12)18(22(2,3)4)30-11-13-9-25(21(29)24-19(13)23)20-17(28)16(27)15(10-26)31-20/h5-9,15-18,20,26-28H,10-11H2,1-4H3,(H2,23,24,29)/t15-,16-,17-,18?,20-/m1/s1. The number of aliphatic hydroxyl groups excluding tert-OH is 3. The molecule has 9 heteroatoms. The normalized spacial score (nSPS) is 25.0. The summed E-state index contributed by atoms with van der Waals surface area (Å²) in [5, 5.41) is 29.6. The van der Waals surface area contributed by atoms with Crippen molar-refractivity contribution in [2.24, 2.45) is 5.41 Å². The maximum atomic E-state index is 12.4. The molecular weight excluding hydrogens is 402 g/mol. The van der Waals surface area contributed by atoms with Crippen LogP contribution in [0.3, 0.4) is 0 Å². The molecule has 2 aromatic rings. The van der Waals surface area contributed by atoms with Gasteiger partial charge in [0, 0.05) is 11.8 Å². The van der Waals surface area contributed by atoms with E-state index in [1.54, 1.807) is 0 Å². The van der Waals surface area contributed by atoms with E-state index in [0.29, 0.717) is 5.56 Å². The van der Waals surface area contributed by atoms with Gasteiger partial charge < -0.3 is 30.5 Å². The van der Waals surface area contributed by atoms with E-state index < -0.39 is 36.8 Å². The van der Waals surface area contributed by atoms with Gasteiger partial charge in [-0.3, -0.25) is 4.57 Å². The zero-order valence-corrected chi connectivity index (χ0v) is 18.2. The number of anilines is 1. The minimum Gasteiger partial charge on any atom is -0.394 e. The molecular formula is C22H31N3O6. The SMILES string of the molecule is Cc1ccccc1C(OCc1cn([C@@H]2O[C@H](CO)[C@@H](O)[C@H]2O)c(=O)nc1N)C(C)(C)C. The molecule has 1 aromatic carbocycles. The molecule has 170 valence electrons. The molecule has 1 fully saturated rings. The van der Waals surface area contributed by atoms with E-state index in [1.807, 2.05) is 31.2 Å². The van der Waals surface area contributed by atoms with Crippen LogP contribution in [0.25, 0.3) is 0 Å². The van der Waals surface area contributed by atoms with E-state index in [1.165, 1.54) is 6.20 Å². The van der Waals surface area contributed by atoms with Gasteiger partial charge in [0.1, 0.15) is 24.1 Å². The first kappa shape index (κ1) is 23.4. The van der Waals surface area contributed by atoms with Crippen molar-refractivity contribution in [1.82, 2.24) is 9.55 Å². The molecule has 1 saturated heterocycles. The molecule has 1 unspecified atom stereocenters. The van der Waals surface area contributed by atoms with Crippen molar-refractivity contribution in [3.63, 3.8) is 0 Å². The van der Waals surface area contributed by atoms with Crippen molar-refractivity contribution in [1.29, 1.82) is 0 Å². The summed E-state index contributed by atoms with van der Waals surface area (Å²) in [6.07, 6.45) is -3.75. The van der Waals surface area contributed by atoms with E-state index in [0.717, 1.165) is 15.7 Å². The van der Waals surface area contributed by atoms with Gasteiger partial charge in [0.15, 0.2) is 6.23 Å². The molecule has 0 saturated carbocycles. The molecule has 5 atom stereocenters. The fourth-order valence-electron chi connectivity index (χ4n) is 3.79. The van der Waals surface area contributed by atoms with Crippen LogP contribution >= 0.6 is 0 Å². The van der Waals surface area contributed by atoms with Crippen LogP contribution in [-0.4, -0.2) is 49.8 Å². The van der Waals surface area contributed by atoms with Crippen molar-refractivity contribution < 1.29 is 24.8 Å². The lowest BCUT2D eigenvalue weighted by Crippen LogP contribution is -2.36. The topological polar surface area (TPSA) is 140 Å². The Morgan fingerprint density at radius 1 is 1.26 bits per heavy atom. The van der Waals surface area contributed by atoms with Crippen molar-refractivity contribution in [2.75, 3.05) is 12.3 Å². The average Bonchev–Trinajstić information content (AvgIpc) is 2.98. The highest BCUT2D eigenvalue weighted by Gasteiger charge is 2.44. The monoisotopic (exact) mass is 433 g/mol. The summed E-state index contributed by atoms with van der Waals surface area (Å²) < 4.78 is 12.8. The molecule has 0 radical (unpaired) electrons. The Morgan fingerprint density at radius 3 is 2.52 bits per heavy atom. The molecule has 9 nitrogen and oxygen atoms in total. The van der Waals surface area contributed by atoms with E-state index >= 15 is 0 Å². The molecule has 2 heterocycles. The highest BCUT2D eigenvalue weighted by Crippen LogP contribution is 2.38. The lowest BCUT2D eigenvalue weighted by molar-refractivity contribution is -0.0559. The van der Waals surface area contributed by atoms with Crippen molar-refractivity contribution in [3.8, 4) is 0 Å². The number of aryl methyl sites for hydroxylation is 1. The molecule has 1 aliphatic heterocycles. The van der Waals surface area contributed by atoms with Gasteiger partial charge in [-0.1, -0.05) is 45.0 Å². The molecule has 0 aliphatic carbocycles. The highest BCUT2D eigenvalue weighted by molar-refractivity contribution is 5.36. The Labute approximate surface area is 181 Å². The molecule has 1 aliphatic rings. The molecule has 3 rings (SSSR count). The van der Waals surface area contributed by atoms with Crippen LogP contribution < -0.4 is 11.4 Å². The van der Waals surface area contributed by atoms with E-state index in [4.69, 9.17) is 15.2 Å². The number of rotatable bonds is 6. The maximum absolute atomic E-state index is 12.4. The third kappa shape index (κ3) is 4.81. The minimum absolute atomic E-state index is 0.0189. The number of hydrogen-bond acceptors (Lipinski definition) is 8. The Balaban J connectivity index is 1.89. The van der Waals surface area contributed by atoms with Gasteiger partial charge in [-0.2, -0.15) is 4.98 Å². The third-order valence-corrected chi connectivity index (χ3v) is 5.52. The Hall–Kier alpha value is -2.30. The zero-order chi connectivity index (χ0) is 22.9. The second-order valence-corrected chi connectivity index (χ2v) is 8.98. The van der Waals surface area contributed by atoms with Crippen LogP contribution in [0.2, 0.25) is 0 Å². The summed E-state index contributed by atoms with van der Waals surface area (Å²) >= 11 is 0. The van der Waals surface area contributed by atoms with Gasteiger partial charge in [-0.25, -0.2) is 4.79 Å². The number of benzene rings is 1. The van der Waals surface area contributed by atoms with Gasteiger partial charge >= 0.3 is 5.69 Å². The summed E-state index contributed by atoms with van der Waals surface area (Å²) in [6, 6.07) is 7.97. The van der Waals surface area contributed by atoms with Crippen LogP contribution in [0.5, 0.6) is 0 Å². The molecule has 0 amide bonds. The molecule has 5 N–H and O–H groups in total. The van der Waals surface area contributed by atoms with Gasteiger partial charge in [0.2, 0.25) is 0 Å². The van der Waals surface area contributed by atoms with E-state index in [9.17, 15) is 20.1 Å². The maximum Gasteiger partial charge on any atom is 0.351 e. The second kappa shape index (κ2) is 9.05. The van der Waals surface area contributed by atoms with Crippen LogP contribution in [0.4, 0.5) is 5.82 Å². The van der Waals surface area contributed by atoms with Crippen LogP contribution in [-0.2, 0) is 16.1 Å². The number of hydrogen-bond donors (Lipinski definition) is 4. The lowest BCUT2D eigenvalue weighted by Gasteiger charge is -2.32. The van der Waals surface area contributed by atoms with Crippen LogP contribution in [0.15, 0.2) is 35.3 Å². The summed E-state index contributed by atoms with van der Waals surface area (Å²) in [5.41, 5.74) is 7.62. The van der Waals surface area contributed by atoms with Crippen molar-refractivity contribution in [2.45, 2.75) is 64.9 Å². The number of nitrogens with two attached hydrogens (primary N) is 1. The van der Waals surface area contributed by atoms with Gasteiger partial charge in [0.05, 0.1) is 19.3 Å². The summed E-state index contributed by atoms with van der Waals surface area (Å²) in [7, 11) is 0. The number of aliphatic hydroxyl groups is 3. The largest absolute Gasteiger partial charge is 0.394 e. The van der Waals surface area contributed by atoms with Gasteiger partial charge in [0.25, 0.3) is 0 Å². The first-order valence-corrected chi connectivity index (χ1v) is 10.2. The summed E-state index contributed by atoms with van der Waals surface area (Å²) in [5.74, 6) is 0.0189. The Kier molecular flexibility index (Phi) is 6.82. The number of nitrogens with zero attached hydrogens (tertiary/aromatic N) is 2. The first-order valence-electron chi connectivity index (χ1n) is 10.2. The quantitative estimate of drug-likeness (QED) is 0.530. The summed E-state index contributed by atoms with van der Waals surface area (Å²) in [4.78, 5) is 16.2. The number of nitrogen functional groups attached to an aromatic ring is 1. The number of aromatic nitrogens is 2. The van der Waals surface area contributed by atoms with Crippen molar-refractivity contribution in [3.05, 3.63) is 57.6 Å². The minimum atomic E-state index is -1.40. The number of ether oxygens (including phenoxy) is 2. The Morgan fingerprint density at radius 2 is 1.94 bits per heavy atom.